The Kier molecular flexibility index (Phi) is 5.30. The number of hydrogen-bond acceptors (Lipinski definition) is 3. The van der Waals surface area contributed by atoms with E-state index in [1.807, 2.05) is 6.92 Å². The van der Waals surface area contributed by atoms with Crippen LogP contribution in [0.4, 0.5) is 0 Å². The van der Waals surface area contributed by atoms with Crippen molar-refractivity contribution in [2.45, 2.75) is 33.2 Å². The van der Waals surface area contributed by atoms with Gasteiger partial charge in [-0.2, -0.15) is 0 Å². The summed E-state index contributed by atoms with van der Waals surface area (Å²) >= 11 is 5.83. The minimum Gasteiger partial charge on any atom is -0.480 e. The van der Waals surface area contributed by atoms with E-state index in [1.165, 1.54) is 6.07 Å². The standard InChI is InChI=1S/C13H17ClN2O3/c1-4-9-5-8(6-10(14)15-9)12(17)16-11(7(2)3)13(18)19/h5-7,11H,4H2,1-3H3,(H,16,17)(H,18,19)/t11-/m1/s1. The predicted molar refractivity (Wildman–Crippen MR) is 72.4 cm³/mol. The Morgan fingerprint density at radius 2 is 2.05 bits per heavy atom. The molecule has 0 fully saturated rings. The Bertz CT molecular complexity index is 489. The second-order valence-corrected chi connectivity index (χ2v) is 4.94. The maximum atomic E-state index is 12.0. The fraction of sp³-hybridized carbons (Fsp3) is 0.462. The van der Waals surface area contributed by atoms with Crippen LogP contribution in [-0.2, 0) is 11.2 Å². The Labute approximate surface area is 117 Å². The molecule has 1 amide bonds. The van der Waals surface area contributed by atoms with E-state index >= 15 is 0 Å². The maximum absolute atomic E-state index is 12.0. The van der Waals surface area contributed by atoms with Crippen molar-refractivity contribution < 1.29 is 14.7 Å². The van der Waals surface area contributed by atoms with Crippen molar-refractivity contribution in [1.82, 2.24) is 10.3 Å². The smallest absolute Gasteiger partial charge is 0.326 e. The average Bonchev–Trinajstić information content (AvgIpc) is 2.33. The van der Waals surface area contributed by atoms with Gasteiger partial charge in [-0.3, -0.25) is 4.79 Å². The van der Waals surface area contributed by atoms with Crippen molar-refractivity contribution in [1.29, 1.82) is 0 Å². The molecule has 0 saturated carbocycles. The first kappa shape index (κ1) is 15.4. The number of aliphatic carboxylic acids is 1. The molecule has 0 unspecified atom stereocenters. The van der Waals surface area contributed by atoms with E-state index in [9.17, 15) is 9.59 Å². The number of carboxylic acids is 1. The third kappa shape index (κ3) is 4.21. The number of carbonyl (C=O) groups excluding carboxylic acids is 1. The first-order chi connectivity index (χ1) is 8.85. The third-order valence-electron chi connectivity index (χ3n) is 2.69. The number of aromatic nitrogens is 1. The van der Waals surface area contributed by atoms with Gasteiger partial charge in [0.15, 0.2) is 0 Å². The van der Waals surface area contributed by atoms with Crippen LogP contribution in [0.2, 0.25) is 5.15 Å². The fourth-order valence-electron chi connectivity index (χ4n) is 1.60. The molecule has 0 aliphatic carbocycles. The summed E-state index contributed by atoms with van der Waals surface area (Å²) < 4.78 is 0. The van der Waals surface area contributed by atoms with Crippen LogP contribution in [0.5, 0.6) is 0 Å². The summed E-state index contributed by atoms with van der Waals surface area (Å²) in [6.45, 7) is 5.36. The second-order valence-electron chi connectivity index (χ2n) is 4.56. The van der Waals surface area contributed by atoms with E-state index in [-0.39, 0.29) is 11.1 Å². The Morgan fingerprint density at radius 3 is 2.53 bits per heavy atom. The molecule has 6 heteroatoms. The number of amides is 1. The first-order valence-electron chi connectivity index (χ1n) is 6.05. The summed E-state index contributed by atoms with van der Waals surface area (Å²) in [6.07, 6.45) is 0.646. The predicted octanol–water partition coefficient (Wildman–Crippen LogP) is 2.14. The molecule has 104 valence electrons. The number of nitrogens with zero attached hydrogens (tertiary/aromatic N) is 1. The highest BCUT2D eigenvalue weighted by Gasteiger charge is 2.24. The Hall–Kier alpha value is -1.62. The molecule has 1 heterocycles. The molecule has 1 aromatic heterocycles. The molecule has 0 spiro atoms. The largest absolute Gasteiger partial charge is 0.480 e. The van der Waals surface area contributed by atoms with Crippen LogP contribution < -0.4 is 5.32 Å². The Balaban J connectivity index is 2.94. The molecule has 0 aliphatic heterocycles. The highest BCUT2D eigenvalue weighted by molar-refractivity contribution is 6.29. The van der Waals surface area contributed by atoms with E-state index in [0.29, 0.717) is 17.7 Å². The minimum absolute atomic E-state index is 0.204. The summed E-state index contributed by atoms with van der Waals surface area (Å²) in [5.74, 6) is -1.72. The molecule has 1 atom stereocenters. The highest BCUT2D eigenvalue weighted by Crippen LogP contribution is 2.12. The molecule has 1 aromatic rings. The molecule has 0 radical (unpaired) electrons. The van der Waals surface area contributed by atoms with Gasteiger partial charge in [0.05, 0.1) is 0 Å². The number of nitrogens with one attached hydrogen (secondary N) is 1. The van der Waals surface area contributed by atoms with E-state index in [4.69, 9.17) is 16.7 Å². The van der Waals surface area contributed by atoms with E-state index in [0.717, 1.165) is 0 Å². The lowest BCUT2D eigenvalue weighted by Gasteiger charge is -2.18. The molecule has 2 N–H and O–H groups in total. The van der Waals surface area contributed by atoms with Crippen LogP contribution in [0.1, 0.15) is 36.8 Å². The Morgan fingerprint density at radius 1 is 1.42 bits per heavy atom. The van der Waals surface area contributed by atoms with Crippen LogP contribution >= 0.6 is 11.6 Å². The van der Waals surface area contributed by atoms with Gasteiger partial charge in [-0.1, -0.05) is 32.4 Å². The molecule has 5 nitrogen and oxygen atoms in total. The molecule has 0 bridgehead atoms. The van der Waals surface area contributed by atoms with Crippen LogP contribution in [0.3, 0.4) is 0 Å². The molecule has 0 aromatic carbocycles. The number of aryl methyl sites for hydroxylation is 1. The topological polar surface area (TPSA) is 79.3 Å². The summed E-state index contributed by atoms with van der Waals surface area (Å²) in [5, 5.41) is 11.8. The van der Waals surface area contributed by atoms with Crippen molar-refractivity contribution in [3.8, 4) is 0 Å². The lowest BCUT2D eigenvalue weighted by molar-refractivity contribution is -0.140. The zero-order chi connectivity index (χ0) is 14.6. The number of carboxylic acid groups (broad SMARTS) is 1. The van der Waals surface area contributed by atoms with Gasteiger partial charge in [-0.05, 0) is 24.5 Å². The van der Waals surface area contributed by atoms with Crippen molar-refractivity contribution in [3.63, 3.8) is 0 Å². The van der Waals surface area contributed by atoms with Crippen molar-refractivity contribution in [2.24, 2.45) is 5.92 Å². The van der Waals surface area contributed by atoms with E-state index < -0.39 is 17.9 Å². The molecule has 0 saturated heterocycles. The van der Waals surface area contributed by atoms with Gasteiger partial charge in [0, 0.05) is 11.3 Å². The SMILES string of the molecule is CCc1cc(C(=O)N[C@@H](C(=O)O)C(C)C)cc(Cl)n1. The molecular formula is C13H17ClN2O3. The van der Waals surface area contributed by atoms with E-state index in [2.05, 4.69) is 10.3 Å². The van der Waals surface area contributed by atoms with Crippen molar-refractivity contribution >= 4 is 23.5 Å². The van der Waals surface area contributed by atoms with E-state index in [1.54, 1.807) is 19.9 Å². The zero-order valence-electron chi connectivity index (χ0n) is 11.1. The van der Waals surface area contributed by atoms with Crippen LogP contribution in [0.15, 0.2) is 12.1 Å². The van der Waals surface area contributed by atoms with Crippen molar-refractivity contribution in [2.75, 3.05) is 0 Å². The quantitative estimate of drug-likeness (QED) is 0.812. The zero-order valence-corrected chi connectivity index (χ0v) is 11.9. The highest BCUT2D eigenvalue weighted by atomic mass is 35.5. The summed E-state index contributed by atoms with van der Waals surface area (Å²) in [6, 6.07) is 2.11. The molecular weight excluding hydrogens is 268 g/mol. The molecule has 1 rings (SSSR count). The van der Waals surface area contributed by atoms with Gasteiger partial charge in [-0.15, -0.1) is 0 Å². The minimum atomic E-state index is -1.06. The number of rotatable bonds is 5. The molecule has 19 heavy (non-hydrogen) atoms. The monoisotopic (exact) mass is 284 g/mol. The van der Waals surface area contributed by atoms with Gasteiger partial charge < -0.3 is 10.4 Å². The van der Waals surface area contributed by atoms with Crippen LogP contribution in [0.25, 0.3) is 0 Å². The summed E-state index contributed by atoms with van der Waals surface area (Å²) in [5.41, 5.74) is 1.01. The fourth-order valence-corrected chi connectivity index (χ4v) is 1.83. The van der Waals surface area contributed by atoms with Gasteiger partial charge in [0.1, 0.15) is 11.2 Å². The van der Waals surface area contributed by atoms with Crippen LogP contribution in [-0.4, -0.2) is 28.0 Å². The summed E-state index contributed by atoms with van der Waals surface area (Å²) in [4.78, 5) is 27.1. The van der Waals surface area contributed by atoms with Crippen molar-refractivity contribution in [3.05, 3.63) is 28.5 Å². The van der Waals surface area contributed by atoms with Gasteiger partial charge in [-0.25, -0.2) is 9.78 Å². The normalized spacial score (nSPS) is 12.3. The first-order valence-corrected chi connectivity index (χ1v) is 6.43. The lowest BCUT2D eigenvalue weighted by atomic mass is 10.0. The number of carbonyl (C=O) groups is 2. The van der Waals surface area contributed by atoms with Gasteiger partial charge >= 0.3 is 5.97 Å². The number of hydrogen-bond donors (Lipinski definition) is 2. The number of pyridine rings is 1. The summed E-state index contributed by atoms with van der Waals surface area (Å²) in [7, 11) is 0. The number of halogens is 1. The average molecular weight is 285 g/mol. The third-order valence-corrected chi connectivity index (χ3v) is 2.88. The maximum Gasteiger partial charge on any atom is 0.326 e. The second kappa shape index (κ2) is 6.52. The lowest BCUT2D eigenvalue weighted by Crippen LogP contribution is -2.44. The van der Waals surface area contributed by atoms with Gasteiger partial charge in [0.25, 0.3) is 5.91 Å². The van der Waals surface area contributed by atoms with Crippen LogP contribution in [0, 0.1) is 5.92 Å². The molecule has 0 aliphatic rings. The van der Waals surface area contributed by atoms with Gasteiger partial charge in [0.2, 0.25) is 0 Å².